The lowest BCUT2D eigenvalue weighted by molar-refractivity contribution is 0.232. The van der Waals surface area contributed by atoms with Crippen LogP contribution in [0.3, 0.4) is 0 Å². The average Bonchev–Trinajstić information content (AvgIpc) is 2.47. The predicted octanol–water partition coefficient (Wildman–Crippen LogP) is 2.73. The van der Waals surface area contributed by atoms with Crippen LogP contribution < -0.4 is 10.6 Å². The van der Waals surface area contributed by atoms with Gasteiger partial charge in [0.15, 0.2) is 0 Å². The first kappa shape index (κ1) is 14.2. The summed E-state index contributed by atoms with van der Waals surface area (Å²) in [6.07, 6.45) is 6.54. The van der Waals surface area contributed by atoms with E-state index in [1.54, 1.807) is 12.4 Å². The zero-order valence-corrected chi connectivity index (χ0v) is 12.1. The largest absolute Gasteiger partial charge is 0.335 e. The third-order valence-electron chi connectivity index (χ3n) is 3.38. The van der Waals surface area contributed by atoms with Gasteiger partial charge >= 0.3 is 6.03 Å². The van der Waals surface area contributed by atoms with Crippen LogP contribution in [0.2, 0.25) is 0 Å². The number of aromatic nitrogens is 1. The molecule has 1 fully saturated rings. The lowest BCUT2D eigenvalue weighted by atomic mass is 10.1. The average molecular weight is 279 g/mol. The first-order valence-electron chi connectivity index (χ1n) is 6.84. The van der Waals surface area contributed by atoms with Crippen molar-refractivity contribution in [3.63, 3.8) is 0 Å². The van der Waals surface area contributed by atoms with Crippen molar-refractivity contribution in [3.8, 4) is 0 Å². The molecule has 0 aliphatic carbocycles. The maximum absolute atomic E-state index is 12.0. The van der Waals surface area contributed by atoms with Gasteiger partial charge in [-0.3, -0.25) is 4.98 Å². The van der Waals surface area contributed by atoms with Gasteiger partial charge in [0, 0.05) is 18.4 Å². The smallest absolute Gasteiger partial charge is 0.315 e. The molecule has 0 bridgehead atoms. The van der Waals surface area contributed by atoms with Crippen molar-refractivity contribution in [2.75, 3.05) is 11.5 Å². The van der Waals surface area contributed by atoms with E-state index in [0.717, 1.165) is 36.3 Å². The number of thioether (sulfide) groups is 1. The van der Waals surface area contributed by atoms with E-state index in [9.17, 15) is 4.79 Å². The summed E-state index contributed by atoms with van der Waals surface area (Å²) in [4.78, 5) is 16.0. The molecule has 4 nitrogen and oxygen atoms in total. The Bertz CT molecular complexity index is 393. The van der Waals surface area contributed by atoms with E-state index in [0.29, 0.717) is 6.04 Å². The van der Waals surface area contributed by atoms with Crippen LogP contribution >= 0.6 is 11.8 Å². The van der Waals surface area contributed by atoms with Crippen molar-refractivity contribution in [2.45, 2.75) is 38.3 Å². The summed E-state index contributed by atoms with van der Waals surface area (Å²) >= 11 is 1.96. The maximum Gasteiger partial charge on any atom is 0.315 e. The summed E-state index contributed by atoms with van der Waals surface area (Å²) in [5.74, 6) is 2.29. The van der Waals surface area contributed by atoms with E-state index in [4.69, 9.17) is 0 Å². The Kier molecular flexibility index (Phi) is 5.51. The Labute approximate surface area is 118 Å². The van der Waals surface area contributed by atoms with Crippen molar-refractivity contribution < 1.29 is 4.79 Å². The number of hydrogen-bond acceptors (Lipinski definition) is 3. The molecule has 0 radical (unpaired) electrons. The summed E-state index contributed by atoms with van der Waals surface area (Å²) < 4.78 is 0. The molecule has 0 saturated carbocycles. The molecule has 2 amide bonds. The number of nitrogens with zero attached hydrogens (tertiary/aromatic N) is 1. The van der Waals surface area contributed by atoms with Crippen LogP contribution in [0.4, 0.5) is 4.79 Å². The minimum Gasteiger partial charge on any atom is -0.335 e. The highest BCUT2D eigenvalue weighted by molar-refractivity contribution is 7.99. The van der Waals surface area contributed by atoms with Gasteiger partial charge < -0.3 is 10.6 Å². The van der Waals surface area contributed by atoms with Gasteiger partial charge in [-0.2, -0.15) is 11.8 Å². The summed E-state index contributed by atoms with van der Waals surface area (Å²) in [6.45, 7) is 2.07. The molecule has 0 spiro atoms. The van der Waals surface area contributed by atoms with Gasteiger partial charge in [-0.1, -0.05) is 6.92 Å². The Hall–Kier alpha value is -1.23. The standard InChI is InChI=1S/C14H21N3OS/c1-2-13(11-3-7-15-8-4-11)17-14(18)16-12-5-9-19-10-6-12/h3-4,7-8,12-13H,2,5-6,9-10H2,1H3,(H2,16,17,18)/t13-/m0/s1. The summed E-state index contributed by atoms with van der Waals surface area (Å²) in [5.41, 5.74) is 1.10. The second kappa shape index (κ2) is 7.38. The van der Waals surface area contributed by atoms with E-state index in [-0.39, 0.29) is 12.1 Å². The van der Waals surface area contributed by atoms with Crippen molar-refractivity contribution in [1.29, 1.82) is 0 Å². The van der Waals surface area contributed by atoms with Crippen LogP contribution in [0, 0.1) is 0 Å². The number of hydrogen-bond donors (Lipinski definition) is 2. The van der Waals surface area contributed by atoms with Crippen molar-refractivity contribution in [3.05, 3.63) is 30.1 Å². The number of amides is 2. The Morgan fingerprint density at radius 2 is 2.11 bits per heavy atom. The second-order valence-corrected chi connectivity index (χ2v) is 5.97. The Morgan fingerprint density at radius 3 is 2.74 bits per heavy atom. The molecule has 2 rings (SSSR count). The number of carbonyl (C=O) groups excluding carboxylic acids is 1. The fraction of sp³-hybridized carbons (Fsp3) is 0.571. The SMILES string of the molecule is CC[C@H](NC(=O)NC1CCSCC1)c1ccncc1. The molecular formula is C14H21N3OS. The van der Waals surface area contributed by atoms with E-state index < -0.39 is 0 Å². The number of carbonyl (C=O) groups is 1. The van der Waals surface area contributed by atoms with E-state index in [2.05, 4.69) is 22.5 Å². The van der Waals surface area contributed by atoms with Gasteiger partial charge in [-0.25, -0.2) is 4.79 Å². The van der Waals surface area contributed by atoms with Gasteiger partial charge in [-0.15, -0.1) is 0 Å². The zero-order valence-electron chi connectivity index (χ0n) is 11.3. The summed E-state index contributed by atoms with van der Waals surface area (Å²) in [5, 5.41) is 6.12. The first-order valence-corrected chi connectivity index (χ1v) is 7.99. The van der Waals surface area contributed by atoms with E-state index in [1.165, 1.54) is 0 Å². The fourth-order valence-electron chi connectivity index (χ4n) is 2.24. The monoisotopic (exact) mass is 279 g/mol. The molecule has 2 heterocycles. The van der Waals surface area contributed by atoms with E-state index >= 15 is 0 Å². The van der Waals surface area contributed by atoms with Gasteiger partial charge in [0.2, 0.25) is 0 Å². The predicted molar refractivity (Wildman–Crippen MR) is 79.3 cm³/mol. The highest BCUT2D eigenvalue weighted by Crippen LogP contribution is 2.18. The minimum absolute atomic E-state index is 0.0550. The van der Waals surface area contributed by atoms with Crippen molar-refractivity contribution >= 4 is 17.8 Å². The molecule has 1 aromatic rings. The normalized spacial score (nSPS) is 17.7. The zero-order chi connectivity index (χ0) is 13.5. The second-order valence-electron chi connectivity index (χ2n) is 4.75. The fourth-order valence-corrected chi connectivity index (χ4v) is 3.35. The van der Waals surface area contributed by atoms with Crippen LogP contribution in [0.5, 0.6) is 0 Å². The molecule has 19 heavy (non-hydrogen) atoms. The van der Waals surface area contributed by atoms with Crippen LogP contribution in [0.1, 0.15) is 37.8 Å². The van der Waals surface area contributed by atoms with Crippen molar-refractivity contribution in [1.82, 2.24) is 15.6 Å². The first-order chi connectivity index (χ1) is 9.29. The van der Waals surface area contributed by atoms with Crippen LogP contribution in [0.25, 0.3) is 0 Å². The summed E-state index contributed by atoms with van der Waals surface area (Å²) in [7, 11) is 0. The Balaban J connectivity index is 1.85. The van der Waals surface area contributed by atoms with Crippen molar-refractivity contribution in [2.24, 2.45) is 0 Å². The topological polar surface area (TPSA) is 54.0 Å². The number of rotatable bonds is 4. The lowest BCUT2D eigenvalue weighted by Gasteiger charge is -2.24. The Morgan fingerprint density at radius 1 is 1.42 bits per heavy atom. The number of pyridine rings is 1. The molecular weight excluding hydrogens is 258 g/mol. The highest BCUT2D eigenvalue weighted by atomic mass is 32.2. The summed E-state index contributed by atoms with van der Waals surface area (Å²) in [6, 6.07) is 4.23. The highest BCUT2D eigenvalue weighted by Gasteiger charge is 2.18. The molecule has 104 valence electrons. The third kappa shape index (κ3) is 4.42. The van der Waals surface area contributed by atoms with E-state index in [1.807, 2.05) is 23.9 Å². The molecule has 1 atom stereocenters. The molecule has 1 aromatic heterocycles. The van der Waals surface area contributed by atoms with Crippen LogP contribution in [-0.2, 0) is 0 Å². The van der Waals surface area contributed by atoms with Gasteiger partial charge in [0.1, 0.15) is 0 Å². The number of nitrogens with one attached hydrogen (secondary N) is 2. The number of urea groups is 1. The molecule has 1 saturated heterocycles. The quantitative estimate of drug-likeness (QED) is 0.891. The third-order valence-corrected chi connectivity index (χ3v) is 4.43. The minimum atomic E-state index is -0.0550. The molecule has 2 N–H and O–H groups in total. The van der Waals surface area contributed by atoms with Gasteiger partial charge in [0.05, 0.1) is 6.04 Å². The molecule has 0 aromatic carbocycles. The van der Waals surface area contributed by atoms with Crippen LogP contribution in [0.15, 0.2) is 24.5 Å². The van der Waals surface area contributed by atoms with Gasteiger partial charge in [0.25, 0.3) is 0 Å². The van der Waals surface area contributed by atoms with Crippen LogP contribution in [-0.4, -0.2) is 28.6 Å². The maximum atomic E-state index is 12.0. The molecule has 1 aliphatic rings. The molecule has 1 aliphatic heterocycles. The molecule has 0 unspecified atom stereocenters. The molecule has 5 heteroatoms. The lowest BCUT2D eigenvalue weighted by Crippen LogP contribution is -2.44. The van der Waals surface area contributed by atoms with Gasteiger partial charge in [-0.05, 0) is 48.5 Å².